The first-order chi connectivity index (χ1) is 7.01. The van der Waals surface area contributed by atoms with Crippen molar-refractivity contribution in [1.29, 1.82) is 0 Å². The van der Waals surface area contributed by atoms with Gasteiger partial charge >= 0.3 is 0 Å². The van der Waals surface area contributed by atoms with Gasteiger partial charge in [0.25, 0.3) is 0 Å². The number of allylic oxidation sites excluding steroid dienone is 2. The maximum Gasteiger partial charge on any atom is 0.217 e. The second-order valence-corrected chi connectivity index (χ2v) is 5.53. The third kappa shape index (κ3) is 1.95. The predicted molar refractivity (Wildman–Crippen MR) is 61.4 cm³/mol. The number of hydrogen-bond donors (Lipinski definition) is 1. The van der Waals surface area contributed by atoms with Crippen LogP contribution in [0.2, 0.25) is 0 Å². The average Bonchev–Trinajstić information content (AvgIpc) is 2.50. The quantitative estimate of drug-likeness (QED) is 0.658. The third-order valence-corrected chi connectivity index (χ3v) is 4.29. The lowest BCUT2D eigenvalue weighted by atomic mass is 9.66. The molecule has 2 heteroatoms. The topological polar surface area (TPSA) is 29.1 Å². The van der Waals surface area contributed by atoms with Crippen molar-refractivity contribution in [1.82, 2.24) is 5.32 Å². The molecule has 2 aliphatic carbocycles. The second-order valence-electron chi connectivity index (χ2n) is 5.53. The molecular weight excluding hydrogens is 186 g/mol. The van der Waals surface area contributed by atoms with Crippen molar-refractivity contribution in [2.24, 2.45) is 17.8 Å². The van der Waals surface area contributed by atoms with Crippen LogP contribution < -0.4 is 5.32 Å². The molecule has 1 fully saturated rings. The Bertz CT molecular complexity index is 297. The lowest BCUT2D eigenvalue weighted by molar-refractivity contribution is -0.122. The number of nitrogens with one attached hydrogen (secondary N) is 1. The van der Waals surface area contributed by atoms with Crippen LogP contribution in [0.4, 0.5) is 0 Å². The van der Waals surface area contributed by atoms with Gasteiger partial charge in [0, 0.05) is 12.5 Å². The van der Waals surface area contributed by atoms with Gasteiger partial charge in [-0.2, -0.15) is 0 Å². The monoisotopic (exact) mass is 207 g/mol. The Hall–Kier alpha value is -0.790. The van der Waals surface area contributed by atoms with Crippen LogP contribution in [-0.2, 0) is 4.79 Å². The van der Waals surface area contributed by atoms with Crippen LogP contribution in [0.5, 0.6) is 0 Å². The maximum absolute atomic E-state index is 11.2. The molecule has 4 atom stereocenters. The molecule has 1 amide bonds. The van der Waals surface area contributed by atoms with E-state index in [-0.39, 0.29) is 11.4 Å². The van der Waals surface area contributed by atoms with Crippen LogP contribution in [0.1, 0.15) is 40.0 Å². The lowest BCUT2D eigenvalue weighted by Gasteiger charge is -2.45. The van der Waals surface area contributed by atoms with E-state index in [0.717, 1.165) is 12.3 Å². The highest BCUT2D eigenvalue weighted by molar-refractivity contribution is 5.73. The van der Waals surface area contributed by atoms with Gasteiger partial charge in [-0.25, -0.2) is 0 Å². The SMILES string of the molecule is CC(=O)N[C@]1(C)C[C@@H]2C=CC[C@@H]2C[C@@H]1C. The highest BCUT2D eigenvalue weighted by atomic mass is 16.1. The minimum absolute atomic E-state index is 0.00167. The molecule has 2 aliphatic rings. The number of carbonyl (C=O) groups excluding carboxylic acids is 1. The van der Waals surface area contributed by atoms with Crippen molar-refractivity contribution >= 4 is 5.91 Å². The van der Waals surface area contributed by atoms with Gasteiger partial charge in [-0.1, -0.05) is 19.1 Å². The van der Waals surface area contributed by atoms with Gasteiger partial charge in [-0.05, 0) is 43.9 Å². The third-order valence-electron chi connectivity index (χ3n) is 4.29. The summed E-state index contributed by atoms with van der Waals surface area (Å²) in [7, 11) is 0. The van der Waals surface area contributed by atoms with E-state index in [9.17, 15) is 4.79 Å². The molecule has 15 heavy (non-hydrogen) atoms. The van der Waals surface area contributed by atoms with Crippen LogP contribution >= 0.6 is 0 Å². The Morgan fingerprint density at radius 2 is 2.27 bits per heavy atom. The first kappa shape index (κ1) is 10.7. The zero-order valence-corrected chi connectivity index (χ0v) is 9.92. The van der Waals surface area contributed by atoms with Crippen LogP contribution in [0.15, 0.2) is 12.2 Å². The summed E-state index contributed by atoms with van der Waals surface area (Å²) in [5.41, 5.74) is 0.00167. The minimum Gasteiger partial charge on any atom is -0.351 e. The molecule has 0 spiro atoms. The number of hydrogen-bond acceptors (Lipinski definition) is 1. The van der Waals surface area contributed by atoms with E-state index in [1.54, 1.807) is 6.92 Å². The van der Waals surface area contributed by atoms with E-state index < -0.39 is 0 Å². The Morgan fingerprint density at radius 1 is 1.53 bits per heavy atom. The fourth-order valence-electron chi connectivity index (χ4n) is 3.25. The first-order valence-electron chi connectivity index (χ1n) is 5.96. The molecule has 0 aromatic heterocycles. The Labute approximate surface area is 92.1 Å². The Morgan fingerprint density at radius 3 is 2.93 bits per heavy atom. The van der Waals surface area contributed by atoms with Gasteiger partial charge < -0.3 is 5.32 Å². The molecule has 0 heterocycles. The zero-order chi connectivity index (χ0) is 11.1. The average molecular weight is 207 g/mol. The standard InChI is InChI=1S/C13H21NO/c1-9-7-11-5-4-6-12(11)8-13(9,3)14-10(2)15/h4,6,9,11-12H,5,7-8H2,1-3H3,(H,14,15)/t9-,11+,12-,13+/m0/s1. The van der Waals surface area contributed by atoms with Crippen LogP contribution in [0, 0.1) is 17.8 Å². The summed E-state index contributed by atoms with van der Waals surface area (Å²) in [6.45, 7) is 6.08. The van der Waals surface area contributed by atoms with Gasteiger partial charge in [0.15, 0.2) is 0 Å². The highest BCUT2D eigenvalue weighted by Crippen LogP contribution is 2.45. The normalized spacial score (nSPS) is 43.8. The molecular formula is C13H21NO. The molecule has 0 aromatic rings. The van der Waals surface area contributed by atoms with Crippen molar-refractivity contribution in [3.8, 4) is 0 Å². The molecule has 0 saturated heterocycles. The summed E-state index contributed by atoms with van der Waals surface area (Å²) >= 11 is 0. The van der Waals surface area contributed by atoms with Crippen molar-refractivity contribution in [3.05, 3.63) is 12.2 Å². The van der Waals surface area contributed by atoms with E-state index in [0.29, 0.717) is 11.8 Å². The van der Waals surface area contributed by atoms with Crippen molar-refractivity contribution < 1.29 is 4.79 Å². The number of fused-ring (bicyclic) bond motifs is 1. The number of rotatable bonds is 1. The summed E-state index contributed by atoms with van der Waals surface area (Å²) in [4.78, 5) is 11.2. The van der Waals surface area contributed by atoms with Gasteiger partial charge in [-0.15, -0.1) is 0 Å². The fourth-order valence-corrected chi connectivity index (χ4v) is 3.25. The predicted octanol–water partition coefficient (Wildman–Crippen LogP) is 2.50. The van der Waals surface area contributed by atoms with Gasteiger partial charge in [0.05, 0.1) is 0 Å². The Kier molecular flexibility index (Phi) is 2.61. The lowest BCUT2D eigenvalue weighted by Crippen LogP contribution is -2.54. The molecule has 1 saturated carbocycles. The molecule has 1 N–H and O–H groups in total. The van der Waals surface area contributed by atoms with E-state index >= 15 is 0 Å². The van der Waals surface area contributed by atoms with Gasteiger partial charge in [-0.3, -0.25) is 4.79 Å². The van der Waals surface area contributed by atoms with E-state index in [1.807, 2.05) is 0 Å². The highest BCUT2D eigenvalue weighted by Gasteiger charge is 2.43. The number of amides is 1. The van der Waals surface area contributed by atoms with Gasteiger partial charge in [0.2, 0.25) is 5.91 Å². The van der Waals surface area contributed by atoms with E-state index in [2.05, 4.69) is 31.3 Å². The summed E-state index contributed by atoms with van der Waals surface area (Å²) in [6, 6.07) is 0. The molecule has 0 bridgehead atoms. The largest absolute Gasteiger partial charge is 0.351 e. The van der Waals surface area contributed by atoms with Crippen molar-refractivity contribution in [3.63, 3.8) is 0 Å². The molecule has 0 radical (unpaired) electrons. The molecule has 0 unspecified atom stereocenters. The summed E-state index contributed by atoms with van der Waals surface area (Å²) in [5, 5.41) is 3.15. The van der Waals surface area contributed by atoms with Crippen LogP contribution in [-0.4, -0.2) is 11.4 Å². The minimum atomic E-state index is 0.00167. The Balaban J connectivity index is 2.11. The molecule has 0 aromatic carbocycles. The molecule has 84 valence electrons. The fraction of sp³-hybridized carbons (Fsp3) is 0.769. The number of carbonyl (C=O) groups is 1. The van der Waals surface area contributed by atoms with Crippen LogP contribution in [0.3, 0.4) is 0 Å². The van der Waals surface area contributed by atoms with E-state index in [1.165, 1.54) is 12.8 Å². The van der Waals surface area contributed by atoms with Crippen molar-refractivity contribution in [2.75, 3.05) is 0 Å². The smallest absolute Gasteiger partial charge is 0.217 e. The second kappa shape index (κ2) is 3.66. The zero-order valence-electron chi connectivity index (χ0n) is 9.92. The summed E-state index contributed by atoms with van der Waals surface area (Å²) in [6.07, 6.45) is 8.24. The van der Waals surface area contributed by atoms with Gasteiger partial charge in [0.1, 0.15) is 0 Å². The molecule has 2 rings (SSSR count). The van der Waals surface area contributed by atoms with E-state index in [4.69, 9.17) is 0 Å². The first-order valence-corrected chi connectivity index (χ1v) is 5.96. The maximum atomic E-state index is 11.2. The summed E-state index contributed by atoms with van der Waals surface area (Å²) < 4.78 is 0. The molecule has 0 aliphatic heterocycles. The van der Waals surface area contributed by atoms with Crippen molar-refractivity contribution in [2.45, 2.75) is 45.6 Å². The molecule has 2 nitrogen and oxygen atoms in total. The summed E-state index contributed by atoms with van der Waals surface area (Å²) in [5.74, 6) is 2.22. The van der Waals surface area contributed by atoms with Crippen LogP contribution in [0.25, 0.3) is 0 Å².